The summed E-state index contributed by atoms with van der Waals surface area (Å²) in [5.74, 6) is 0.0854. The third-order valence-corrected chi connectivity index (χ3v) is 7.20. The lowest BCUT2D eigenvalue weighted by Crippen LogP contribution is -2.17. The molecule has 5 aromatic rings. The fourth-order valence-corrected chi connectivity index (χ4v) is 5.60. The Morgan fingerprint density at radius 3 is 2.69 bits per heavy atom. The summed E-state index contributed by atoms with van der Waals surface area (Å²) in [4.78, 5) is 16.4. The molecule has 0 saturated carbocycles. The quantitative estimate of drug-likeness (QED) is 0.283. The number of aromatic nitrogens is 2. The van der Waals surface area contributed by atoms with Crippen LogP contribution in [-0.4, -0.2) is 20.6 Å². The minimum atomic E-state index is -0.740. The number of aliphatic carboxylic acids is 1. The molecular weight excluding hydrogens is 448 g/mol. The fourth-order valence-electron chi connectivity index (χ4n) is 5.60. The van der Waals surface area contributed by atoms with E-state index in [1.165, 1.54) is 22.2 Å². The highest BCUT2D eigenvalue weighted by molar-refractivity contribution is 5.88. The third kappa shape index (κ3) is 4.33. The molecule has 5 heteroatoms. The summed E-state index contributed by atoms with van der Waals surface area (Å²) in [6, 6.07) is 28.8. The molecular formula is C31H28N2O3. The molecule has 0 spiro atoms. The molecule has 0 fully saturated rings. The molecule has 0 saturated heterocycles. The monoisotopic (exact) mass is 476 g/mol. The van der Waals surface area contributed by atoms with E-state index in [9.17, 15) is 9.90 Å². The van der Waals surface area contributed by atoms with Gasteiger partial charge in [-0.15, -0.1) is 0 Å². The number of aryl methyl sites for hydroxylation is 1. The molecule has 180 valence electrons. The SMILES string of the molecule is O=C(O)CC1CCCc2c1n(Cc1ccccc1)c1ccc(OCc3ccc4ccccc4n3)cc21. The van der Waals surface area contributed by atoms with Gasteiger partial charge in [0.1, 0.15) is 12.4 Å². The van der Waals surface area contributed by atoms with E-state index < -0.39 is 5.97 Å². The Balaban J connectivity index is 1.36. The summed E-state index contributed by atoms with van der Waals surface area (Å²) in [6.07, 6.45) is 3.03. The largest absolute Gasteiger partial charge is 0.487 e. The van der Waals surface area contributed by atoms with Crippen LogP contribution in [0.2, 0.25) is 0 Å². The van der Waals surface area contributed by atoms with Crippen molar-refractivity contribution in [2.45, 2.75) is 44.8 Å². The molecule has 2 heterocycles. The molecule has 0 radical (unpaired) electrons. The molecule has 0 bridgehead atoms. The van der Waals surface area contributed by atoms with Crippen LogP contribution in [-0.2, 0) is 24.4 Å². The van der Waals surface area contributed by atoms with E-state index in [-0.39, 0.29) is 12.3 Å². The molecule has 3 aromatic carbocycles. The van der Waals surface area contributed by atoms with Crippen LogP contribution >= 0.6 is 0 Å². The zero-order valence-corrected chi connectivity index (χ0v) is 20.1. The van der Waals surface area contributed by atoms with Crippen LogP contribution in [0.15, 0.2) is 84.9 Å². The van der Waals surface area contributed by atoms with Gasteiger partial charge in [-0.2, -0.15) is 0 Å². The highest BCUT2D eigenvalue weighted by Gasteiger charge is 2.29. The summed E-state index contributed by atoms with van der Waals surface area (Å²) in [5, 5.41) is 11.9. The Kier molecular flexibility index (Phi) is 5.90. The molecule has 1 aliphatic rings. The van der Waals surface area contributed by atoms with Crippen LogP contribution in [0.4, 0.5) is 0 Å². The number of carboxylic acid groups (broad SMARTS) is 1. The highest BCUT2D eigenvalue weighted by Crippen LogP contribution is 2.41. The molecule has 36 heavy (non-hydrogen) atoms. The first-order valence-electron chi connectivity index (χ1n) is 12.5. The Hall–Kier alpha value is -4.12. The number of nitrogens with zero attached hydrogens (tertiary/aromatic N) is 2. The normalized spacial score (nSPS) is 15.2. The van der Waals surface area contributed by atoms with Gasteiger partial charge in [-0.25, -0.2) is 4.98 Å². The van der Waals surface area contributed by atoms with Crippen LogP contribution in [0, 0.1) is 0 Å². The van der Waals surface area contributed by atoms with Gasteiger partial charge in [0, 0.05) is 34.4 Å². The lowest BCUT2D eigenvalue weighted by Gasteiger charge is -2.24. The molecule has 1 atom stereocenters. The molecule has 1 aliphatic carbocycles. The van der Waals surface area contributed by atoms with Gasteiger partial charge in [-0.3, -0.25) is 4.79 Å². The zero-order chi connectivity index (χ0) is 24.5. The van der Waals surface area contributed by atoms with Crippen molar-refractivity contribution in [2.24, 2.45) is 0 Å². The molecule has 1 unspecified atom stereocenters. The van der Waals surface area contributed by atoms with Crippen LogP contribution in [0.25, 0.3) is 21.8 Å². The van der Waals surface area contributed by atoms with Crippen LogP contribution < -0.4 is 4.74 Å². The maximum absolute atomic E-state index is 11.7. The van der Waals surface area contributed by atoms with Crippen molar-refractivity contribution in [1.29, 1.82) is 0 Å². The molecule has 6 rings (SSSR count). The van der Waals surface area contributed by atoms with E-state index >= 15 is 0 Å². The number of hydrogen-bond donors (Lipinski definition) is 1. The Morgan fingerprint density at radius 1 is 1.00 bits per heavy atom. The zero-order valence-electron chi connectivity index (χ0n) is 20.1. The van der Waals surface area contributed by atoms with E-state index in [0.717, 1.165) is 53.7 Å². The maximum atomic E-state index is 11.7. The van der Waals surface area contributed by atoms with Gasteiger partial charge in [0.25, 0.3) is 0 Å². The van der Waals surface area contributed by atoms with Crippen molar-refractivity contribution >= 4 is 27.8 Å². The number of hydrogen-bond acceptors (Lipinski definition) is 3. The molecule has 2 aromatic heterocycles. The van der Waals surface area contributed by atoms with Gasteiger partial charge in [0.2, 0.25) is 0 Å². The number of pyridine rings is 1. The minimum Gasteiger partial charge on any atom is -0.487 e. The summed E-state index contributed by atoms with van der Waals surface area (Å²) >= 11 is 0. The average Bonchev–Trinajstić information content (AvgIpc) is 3.21. The summed E-state index contributed by atoms with van der Waals surface area (Å²) < 4.78 is 8.53. The van der Waals surface area contributed by atoms with E-state index in [4.69, 9.17) is 9.72 Å². The van der Waals surface area contributed by atoms with Crippen LogP contribution in [0.3, 0.4) is 0 Å². The second-order valence-electron chi connectivity index (χ2n) is 9.59. The number of fused-ring (bicyclic) bond motifs is 4. The number of carboxylic acids is 1. The van der Waals surface area contributed by atoms with Crippen molar-refractivity contribution in [3.8, 4) is 5.75 Å². The van der Waals surface area contributed by atoms with E-state index in [1.807, 2.05) is 36.4 Å². The Labute approximate surface area is 210 Å². The lowest BCUT2D eigenvalue weighted by molar-refractivity contribution is -0.137. The van der Waals surface area contributed by atoms with Crippen molar-refractivity contribution in [3.63, 3.8) is 0 Å². The first-order chi connectivity index (χ1) is 17.7. The second kappa shape index (κ2) is 9.50. The average molecular weight is 477 g/mol. The standard InChI is InChI=1S/C31H28N2O3/c34-30(35)17-23-10-6-11-26-27-18-25(36-20-24-14-13-22-9-4-5-12-28(22)32-24)15-16-29(27)33(31(23)26)19-21-7-2-1-3-8-21/h1-5,7-9,12-16,18,23H,6,10-11,17,19-20H2,(H,34,35). The molecule has 5 nitrogen and oxygen atoms in total. The first-order valence-corrected chi connectivity index (χ1v) is 12.5. The van der Waals surface area contributed by atoms with Crippen molar-refractivity contribution < 1.29 is 14.6 Å². The number of benzene rings is 3. The maximum Gasteiger partial charge on any atom is 0.304 e. The third-order valence-electron chi connectivity index (χ3n) is 7.20. The van der Waals surface area contributed by atoms with E-state index in [2.05, 4.69) is 53.1 Å². The first kappa shape index (κ1) is 22.4. The van der Waals surface area contributed by atoms with Crippen LogP contribution in [0.1, 0.15) is 47.7 Å². The molecule has 0 amide bonds. The number of ether oxygens (including phenoxy) is 1. The van der Waals surface area contributed by atoms with E-state index in [0.29, 0.717) is 6.61 Å². The molecule has 0 aliphatic heterocycles. The predicted octanol–water partition coefficient (Wildman–Crippen LogP) is 6.71. The smallest absolute Gasteiger partial charge is 0.304 e. The highest BCUT2D eigenvalue weighted by atomic mass is 16.5. The van der Waals surface area contributed by atoms with Crippen molar-refractivity contribution in [3.05, 3.63) is 107 Å². The number of para-hydroxylation sites is 1. The summed E-state index contributed by atoms with van der Waals surface area (Å²) in [7, 11) is 0. The van der Waals surface area contributed by atoms with Crippen molar-refractivity contribution in [1.82, 2.24) is 9.55 Å². The minimum absolute atomic E-state index is 0.0218. The summed E-state index contributed by atoms with van der Waals surface area (Å²) in [6.45, 7) is 1.12. The Bertz CT molecular complexity index is 1560. The van der Waals surface area contributed by atoms with Crippen LogP contribution in [0.5, 0.6) is 5.75 Å². The topological polar surface area (TPSA) is 64.3 Å². The fraction of sp³-hybridized carbons (Fsp3) is 0.226. The van der Waals surface area contributed by atoms with Gasteiger partial charge >= 0.3 is 5.97 Å². The Morgan fingerprint density at radius 2 is 1.83 bits per heavy atom. The van der Waals surface area contributed by atoms with Crippen molar-refractivity contribution in [2.75, 3.05) is 0 Å². The molecule has 1 N–H and O–H groups in total. The van der Waals surface area contributed by atoms with E-state index in [1.54, 1.807) is 0 Å². The predicted molar refractivity (Wildman–Crippen MR) is 141 cm³/mol. The number of rotatable bonds is 7. The van der Waals surface area contributed by atoms with Gasteiger partial charge in [-0.05, 0) is 60.7 Å². The van der Waals surface area contributed by atoms with Gasteiger partial charge in [0.05, 0.1) is 17.6 Å². The van der Waals surface area contributed by atoms with Gasteiger partial charge in [-0.1, -0.05) is 54.6 Å². The second-order valence-corrected chi connectivity index (χ2v) is 9.59. The summed E-state index contributed by atoms with van der Waals surface area (Å²) in [5.41, 5.74) is 6.64. The van der Waals surface area contributed by atoms with Gasteiger partial charge in [0.15, 0.2) is 0 Å². The van der Waals surface area contributed by atoms with Gasteiger partial charge < -0.3 is 14.4 Å². The number of carbonyl (C=O) groups is 1. The lowest BCUT2D eigenvalue weighted by atomic mass is 9.84.